The molecule has 1 aliphatic rings. The van der Waals surface area contributed by atoms with E-state index in [4.69, 9.17) is 5.73 Å². The highest BCUT2D eigenvalue weighted by Crippen LogP contribution is 2.22. The van der Waals surface area contributed by atoms with Gasteiger partial charge >= 0.3 is 6.03 Å². The van der Waals surface area contributed by atoms with Crippen molar-refractivity contribution in [2.75, 3.05) is 11.9 Å². The van der Waals surface area contributed by atoms with Crippen LogP contribution in [-0.2, 0) is 0 Å². The lowest BCUT2D eigenvalue weighted by molar-refractivity contribution is 0.100. The molecule has 4 N–H and O–H groups in total. The average Bonchev–Trinajstić information content (AvgIpc) is 2.47. The number of carbonyl (C=O) groups is 2. The van der Waals surface area contributed by atoms with Crippen molar-refractivity contribution in [2.45, 2.75) is 32.1 Å². The van der Waals surface area contributed by atoms with Crippen LogP contribution in [0.4, 0.5) is 10.5 Å². The Bertz CT molecular complexity index is 465. The molecule has 1 aliphatic carbocycles. The van der Waals surface area contributed by atoms with Gasteiger partial charge in [0.15, 0.2) is 0 Å². The lowest BCUT2D eigenvalue weighted by atomic mass is 9.89. The predicted molar refractivity (Wildman–Crippen MR) is 78.6 cm³/mol. The third-order valence-corrected chi connectivity index (χ3v) is 3.70. The van der Waals surface area contributed by atoms with Crippen LogP contribution in [0.1, 0.15) is 42.5 Å². The Morgan fingerprint density at radius 2 is 1.75 bits per heavy atom. The molecular formula is C15H21N3O2. The summed E-state index contributed by atoms with van der Waals surface area (Å²) in [5.74, 6) is 0.130. The van der Waals surface area contributed by atoms with Crippen molar-refractivity contribution in [2.24, 2.45) is 11.7 Å². The van der Waals surface area contributed by atoms with Gasteiger partial charge in [0.2, 0.25) is 5.91 Å². The van der Waals surface area contributed by atoms with Crippen LogP contribution in [-0.4, -0.2) is 18.5 Å². The summed E-state index contributed by atoms with van der Waals surface area (Å²) in [6.07, 6.45) is 6.25. The monoisotopic (exact) mass is 275 g/mol. The van der Waals surface area contributed by atoms with Gasteiger partial charge in [-0.25, -0.2) is 4.79 Å². The van der Waals surface area contributed by atoms with Crippen molar-refractivity contribution >= 4 is 17.6 Å². The zero-order valence-corrected chi connectivity index (χ0v) is 11.5. The van der Waals surface area contributed by atoms with Crippen LogP contribution >= 0.6 is 0 Å². The smallest absolute Gasteiger partial charge is 0.319 e. The minimum Gasteiger partial charge on any atom is -0.366 e. The Morgan fingerprint density at radius 3 is 2.35 bits per heavy atom. The van der Waals surface area contributed by atoms with E-state index in [1.54, 1.807) is 24.3 Å². The van der Waals surface area contributed by atoms with E-state index in [-0.39, 0.29) is 6.03 Å². The predicted octanol–water partition coefficient (Wildman–Crippen LogP) is 2.49. The van der Waals surface area contributed by atoms with E-state index in [9.17, 15) is 9.59 Å². The molecule has 0 bridgehead atoms. The number of primary amides is 1. The van der Waals surface area contributed by atoms with Gasteiger partial charge in [-0.1, -0.05) is 19.3 Å². The van der Waals surface area contributed by atoms with E-state index < -0.39 is 5.91 Å². The van der Waals surface area contributed by atoms with Gasteiger partial charge in [0, 0.05) is 17.8 Å². The SMILES string of the molecule is NC(=O)c1ccc(NC(=O)NCC2CCCCC2)cc1. The first-order valence-electron chi connectivity index (χ1n) is 7.10. The first kappa shape index (κ1) is 14.4. The summed E-state index contributed by atoms with van der Waals surface area (Å²) in [4.78, 5) is 22.7. The van der Waals surface area contributed by atoms with Crippen LogP contribution in [0.3, 0.4) is 0 Å². The van der Waals surface area contributed by atoms with Crippen LogP contribution in [0, 0.1) is 5.92 Å². The number of hydrogen-bond acceptors (Lipinski definition) is 2. The number of nitrogens with two attached hydrogens (primary N) is 1. The minimum absolute atomic E-state index is 0.206. The van der Waals surface area contributed by atoms with Crippen LogP contribution in [0.5, 0.6) is 0 Å². The maximum absolute atomic E-state index is 11.8. The highest BCUT2D eigenvalue weighted by atomic mass is 16.2. The first-order valence-corrected chi connectivity index (χ1v) is 7.10. The number of carbonyl (C=O) groups excluding carboxylic acids is 2. The molecule has 1 aromatic rings. The second-order valence-corrected chi connectivity index (χ2v) is 5.28. The molecule has 0 spiro atoms. The Hall–Kier alpha value is -2.04. The molecule has 5 nitrogen and oxygen atoms in total. The molecule has 0 saturated heterocycles. The van der Waals surface area contributed by atoms with Crippen LogP contribution in [0.2, 0.25) is 0 Å². The summed E-state index contributed by atoms with van der Waals surface area (Å²) in [5, 5.41) is 5.64. The van der Waals surface area contributed by atoms with E-state index in [0.29, 0.717) is 17.2 Å². The van der Waals surface area contributed by atoms with Crippen molar-refractivity contribution in [3.63, 3.8) is 0 Å². The molecular weight excluding hydrogens is 254 g/mol. The van der Waals surface area contributed by atoms with Crippen LogP contribution < -0.4 is 16.4 Å². The highest BCUT2D eigenvalue weighted by molar-refractivity contribution is 5.94. The van der Waals surface area contributed by atoms with Crippen molar-refractivity contribution in [3.05, 3.63) is 29.8 Å². The van der Waals surface area contributed by atoms with Gasteiger partial charge in [0.25, 0.3) is 0 Å². The Morgan fingerprint density at radius 1 is 1.10 bits per heavy atom. The molecule has 5 heteroatoms. The van der Waals surface area contributed by atoms with E-state index in [2.05, 4.69) is 10.6 Å². The van der Waals surface area contributed by atoms with Crippen LogP contribution in [0.15, 0.2) is 24.3 Å². The van der Waals surface area contributed by atoms with Crippen molar-refractivity contribution in [1.29, 1.82) is 0 Å². The second kappa shape index (κ2) is 6.93. The maximum Gasteiger partial charge on any atom is 0.319 e. The highest BCUT2D eigenvalue weighted by Gasteiger charge is 2.14. The van der Waals surface area contributed by atoms with E-state index in [1.165, 1.54) is 32.1 Å². The van der Waals surface area contributed by atoms with Gasteiger partial charge in [0.1, 0.15) is 0 Å². The molecule has 1 fully saturated rings. The molecule has 2 rings (SSSR count). The Kier molecular flexibility index (Phi) is 4.98. The third kappa shape index (κ3) is 4.26. The molecule has 108 valence electrons. The fourth-order valence-electron chi connectivity index (χ4n) is 2.52. The number of nitrogens with one attached hydrogen (secondary N) is 2. The fourth-order valence-corrected chi connectivity index (χ4v) is 2.52. The average molecular weight is 275 g/mol. The molecule has 3 amide bonds. The van der Waals surface area contributed by atoms with Crippen molar-refractivity contribution in [3.8, 4) is 0 Å². The Balaban J connectivity index is 1.77. The number of rotatable bonds is 4. The molecule has 0 heterocycles. The van der Waals surface area contributed by atoms with Gasteiger partial charge in [-0.15, -0.1) is 0 Å². The van der Waals surface area contributed by atoms with Gasteiger partial charge in [0.05, 0.1) is 0 Å². The summed E-state index contributed by atoms with van der Waals surface area (Å²) in [6, 6.07) is 6.32. The largest absolute Gasteiger partial charge is 0.366 e. The molecule has 20 heavy (non-hydrogen) atoms. The second-order valence-electron chi connectivity index (χ2n) is 5.28. The van der Waals surface area contributed by atoms with E-state index >= 15 is 0 Å². The summed E-state index contributed by atoms with van der Waals surface area (Å²) in [7, 11) is 0. The van der Waals surface area contributed by atoms with Crippen molar-refractivity contribution < 1.29 is 9.59 Å². The van der Waals surface area contributed by atoms with Crippen LogP contribution in [0.25, 0.3) is 0 Å². The molecule has 0 radical (unpaired) electrons. The third-order valence-electron chi connectivity index (χ3n) is 3.70. The van der Waals surface area contributed by atoms with Gasteiger partial charge in [-0.2, -0.15) is 0 Å². The Labute approximate surface area is 118 Å². The molecule has 0 unspecified atom stereocenters. The number of anilines is 1. The summed E-state index contributed by atoms with van der Waals surface area (Å²) in [5.41, 5.74) is 6.23. The number of hydrogen-bond donors (Lipinski definition) is 3. The number of amides is 3. The zero-order chi connectivity index (χ0) is 14.4. The van der Waals surface area contributed by atoms with E-state index in [0.717, 1.165) is 6.54 Å². The molecule has 0 aliphatic heterocycles. The first-order chi connectivity index (χ1) is 9.65. The van der Waals surface area contributed by atoms with E-state index in [1.807, 2.05) is 0 Å². The molecule has 0 atom stereocenters. The molecule has 1 aromatic carbocycles. The van der Waals surface area contributed by atoms with Crippen molar-refractivity contribution in [1.82, 2.24) is 5.32 Å². The lowest BCUT2D eigenvalue weighted by Crippen LogP contribution is -2.33. The molecule has 1 saturated carbocycles. The zero-order valence-electron chi connectivity index (χ0n) is 11.5. The summed E-state index contributed by atoms with van der Waals surface area (Å²) < 4.78 is 0. The molecule has 0 aromatic heterocycles. The lowest BCUT2D eigenvalue weighted by Gasteiger charge is -2.21. The maximum atomic E-state index is 11.8. The summed E-state index contributed by atoms with van der Waals surface area (Å²) >= 11 is 0. The fraction of sp³-hybridized carbons (Fsp3) is 0.467. The quantitative estimate of drug-likeness (QED) is 0.788. The van der Waals surface area contributed by atoms with Gasteiger partial charge in [-0.05, 0) is 43.0 Å². The topological polar surface area (TPSA) is 84.2 Å². The minimum atomic E-state index is -0.474. The normalized spacial score (nSPS) is 15.6. The summed E-state index contributed by atoms with van der Waals surface area (Å²) in [6.45, 7) is 0.727. The number of benzene rings is 1. The van der Waals surface area contributed by atoms with Gasteiger partial charge < -0.3 is 16.4 Å². The van der Waals surface area contributed by atoms with Gasteiger partial charge in [-0.3, -0.25) is 4.79 Å². The number of urea groups is 1. The standard InChI is InChI=1S/C15H21N3O2/c16-14(19)12-6-8-13(9-7-12)18-15(20)17-10-11-4-2-1-3-5-11/h6-9,11H,1-5,10H2,(H2,16,19)(H2,17,18,20).